The summed E-state index contributed by atoms with van der Waals surface area (Å²) in [6.07, 6.45) is -0.805. The molecule has 1 rings (SSSR count). The average molecular weight is 215 g/mol. The van der Waals surface area contributed by atoms with Gasteiger partial charge in [0.15, 0.2) is 0 Å². The van der Waals surface area contributed by atoms with Crippen LogP contribution in [0.2, 0.25) is 0 Å². The van der Waals surface area contributed by atoms with E-state index in [1.165, 1.54) is 7.11 Å². The van der Waals surface area contributed by atoms with Gasteiger partial charge in [-0.3, -0.25) is 14.5 Å². The fourth-order valence-electron chi connectivity index (χ4n) is 1.66. The van der Waals surface area contributed by atoms with Crippen LogP contribution in [0.1, 0.15) is 13.8 Å². The van der Waals surface area contributed by atoms with Crippen LogP contribution in [-0.2, 0) is 14.3 Å². The summed E-state index contributed by atoms with van der Waals surface area (Å²) >= 11 is 0. The number of rotatable bonds is 4. The summed E-state index contributed by atoms with van der Waals surface area (Å²) in [6, 6.07) is 0. The van der Waals surface area contributed by atoms with Gasteiger partial charge in [-0.25, -0.2) is 0 Å². The van der Waals surface area contributed by atoms with Crippen LogP contribution >= 0.6 is 0 Å². The number of nitrogens with zero attached hydrogens (tertiary/aromatic N) is 1. The lowest BCUT2D eigenvalue weighted by molar-refractivity contribution is -0.141. The number of amides is 2. The summed E-state index contributed by atoms with van der Waals surface area (Å²) in [5, 5.41) is 9.45. The van der Waals surface area contributed by atoms with E-state index in [-0.39, 0.29) is 36.8 Å². The number of β-amino-alcohol motifs (C(OH)–C–C–N with tert-alkyl or cyclic N) is 1. The molecule has 0 aromatic rings. The molecule has 0 saturated carbocycles. The smallest absolute Gasteiger partial charge is 0.232 e. The normalized spacial score (nSPS) is 28.7. The lowest BCUT2D eigenvalue weighted by Gasteiger charge is -2.18. The summed E-state index contributed by atoms with van der Waals surface area (Å²) in [5.74, 6) is -0.982. The molecule has 1 fully saturated rings. The third-order valence-corrected chi connectivity index (χ3v) is 2.81. The van der Waals surface area contributed by atoms with E-state index in [0.717, 1.165) is 4.90 Å². The summed E-state index contributed by atoms with van der Waals surface area (Å²) < 4.78 is 4.74. The number of ether oxygens (including phenoxy) is 1. The number of carbonyl (C=O) groups excluding carboxylic acids is 2. The zero-order valence-corrected chi connectivity index (χ0v) is 9.27. The first kappa shape index (κ1) is 12.1. The molecule has 1 aliphatic heterocycles. The molecule has 0 aliphatic carbocycles. The molecule has 3 unspecified atom stereocenters. The number of likely N-dealkylation sites (tertiary alicyclic amines) is 1. The van der Waals surface area contributed by atoms with E-state index in [0.29, 0.717) is 0 Å². The van der Waals surface area contributed by atoms with Crippen LogP contribution < -0.4 is 0 Å². The van der Waals surface area contributed by atoms with Crippen molar-refractivity contribution in [2.45, 2.75) is 20.0 Å². The number of aliphatic hydroxyl groups excluding tert-OH is 1. The molecular weight excluding hydrogens is 198 g/mol. The van der Waals surface area contributed by atoms with Gasteiger partial charge >= 0.3 is 0 Å². The minimum atomic E-state index is -0.805. The predicted molar refractivity (Wildman–Crippen MR) is 52.9 cm³/mol. The van der Waals surface area contributed by atoms with E-state index in [2.05, 4.69) is 0 Å². The Morgan fingerprint density at radius 2 is 1.80 bits per heavy atom. The Balaban J connectivity index is 2.62. The molecular formula is C10H17NO4. The number of hydrogen-bond donors (Lipinski definition) is 1. The number of imide groups is 1. The highest BCUT2D eigenvalue weighted by Gasteiger charge is 2.42. The molecule has 0 aromatic carbocycles. The van der Waals surface area contributed by atoms with Crippen LogP contribution in [-0.4, -0.2) is 48.2 Å². The van der Waals surface area contributed by atoms with Crippen molar-refractivity contribution in [3.63, 3.8) is 0 Å². The topological polar surface area (TPSA) is 66.8 Å². The maximum absolute atomic E-state index is 11.6. The molecule has 3 atom stereocenters. The molecule has 5 nitrogen and oxygen atoms in total. The van der Waals surface area contributed by atoms with Gasteiger partial charge in [0.2, 0.25) is 11.8 Å². The van der Waals surface area contributed by atoms with Crippen molar-refractivity contribution in [2.24, 2.45) is 11.8 Å². The Labute approximate surface area is 89.0 Å². The number of aliphatic hydroxyl groups is 1. The van der Waals surface area contributed by atoms with Crippen LogP contribution in [0.4, 0.5) is 0 Å². The van der Waals surface area contributed by atoms with Gasteiger partial charge in [-0.15, -0.1) is 0 Å². The summed E-state index contributed by atoms with van der Waals surface area (Å²) in [7, 11) is 1.46. The molecule has 1 saturated heterocycles. The minimum Gasteiger partial charge on any atom is -0.389 e. The van der Waals surface area contributed by atoms with Crippen molar-refractivity contribution in [3.05, 3.63) is 0 Å². The quantitative estimate of drug-likeness (QED) is 0.650. The number of carbonyl (C=O) groups is 2. The molecule has 1 aliphatic rings. The highest BCUT2D eigenvalue weighted by Crippen LogP contribution is 2.25. The highest BCUT2D eigenvalue weighted by atomic mass is 16.5. The van der Waals surface area contributed by atoms with Crippen LogP contribution in [0.3, 0.4) is 0 Å². The van der Waals surface area contributed by atoms with Gasteiger partial charge in [0.1, 0.15) is 0 Å². The van der Waals surface area contributed by atoms with Crippen LogP contribution in [0.5, 0.6) is 0 Å². The molecule has 0 bridgehead atoms. The van der Waals surface area contributed by atoms with Crippen molar-refractivity contribution in [2.75, 3.05) is 20.3 Å². The second kappa shape index (κ2) is 4.72. The zero-order valence-electron chi connectivity index (χ0n) is 9.27. The van der Waals surface area contributed by atoms with Crippen molar-refractivity contribution in [1.29, 1.82) is 0 Å². The molecule has 15 heavy (non-hydrogen) atoms. The zero-order chi connectivity index (χ0) is 11.6. The Morgan fingerprint density at radius 3 is 2.20 bits per heavy atom. The molecule has 1 heterocycles. The van der Waals surface area contributed by atoms with Crippen molar-refractivity contribution in [3.8, 4) is 0 Å². The van der Waals surface area contributed by atoms with Gasteiger partial charge in [-0.2, -0.15) is 0 Å². The highest BCUT2D eigenvalue weighted by molar-refractivity contribution is 6.04. The van der Waals surface area contributed by atoms with E-state index >= 15 is 0 Å². The third kappa shape index (κ3) is 2.35. The molecule has 0 spiro atoms. The van der Waals surface area contributed by atoms with Crippen LogP contribution in [0.15, 0.2) is 0 Å². The van der Waals surface area contributed by atoms with Gasteiger partial charge < -0.3 is 9.84 Å². The van der Waals surface area contributed by atoms with Gasteiger partial charge in [-0.05, 0) is 0 Å². The Hall–Kier alpha value is -0.940. The summed E-state index contributed by atoms with van der Waals surface area (Å²) in [5.41, 5.74) is 0. The van der Waals surface area contributed by atoms with E-state index in [9.17, 15) is 14.7 Å². The van der Waals surface area contributed by atoms with Gasteiger partial charge in [0.25, 0.3) is 0 Å². The Kier molecular flexibility index (Phi) is 3.82. The SMILES string of the molecule is COCC(O)CN1C(=O)C(C)C(C)C1=O. The molecule has 5 heteroatoms. The van der Waals surface area contributed by atoms with E-state index in [1.54, 1.807) is 13.8 Å². The Morgan fingerprint density at radius 1 is 1.33 bits per heavy atom. The van der Waals surface area contributed by atoms with Gasteiger partial charge in [0.05, 0.1) is 19.3 Å². The second-order valence-corrected chi connectivity index (χ2v) is 3.97. The first-order chi connectivity index (χ1) is 6.99. The van der Waals surface area contributed by atoms with Crippen molar-refractivity contribution < 1.29 is 19.4 Å². The van der Waals surface area contributed by atoms with Gasteiger partial charge in [-0.1, -0.05) is 13.8 Å². The molecule has 1 N–H and O–H groups in total. The average Bonchev–Trinajstić information content (AvgIpc) is 2.36. The summed E-state index contributed by atoms with van der Waals surface area (Å²) in [4.78, 5) is 24.4. The largest absolute Gasteiger partial charge is 0.389 e. The monoisotopic (exact) mass is 215 g/mol. The third-order valence-electron chi connectivity index (χ3n) is 2.81. The predicted octanol–water partition coefficient (Wildman–Crippen LogP) is -0.365. The van der Waals surface area contributed by atoms with Crippen LogP contribution in [0, 0.1) is 11.8 Å². The van der Waals surface area contributed by atoms with E-state index < -0.39 is 6.10 Å². The van der Waals surface area contributed by atoms with Crippen molar-refractivity contribution >= 4 is 11.8 Å². The lowest BCUT2D eigenvalue weighted by Crippen LogP contribution is -2.39. The first-order valence-electron chi connectivity index (χ1n) is 5.01. The molecule has 0 radical (unpaired) electrons. The van der Waals surface area contributed by atoms with E-state index in [1.807, 2.05) is 0 Å². The molecule has 0 aromatic heterocycles. The van der Waals surface area contributed by atoms with E-state index in [4.69, 9.17) is 4.74 Å². The fourth-order valence-corrected chi connectivity index (χ4v) is 1.66. The minimum absolute atomic E-state index is 0.0280. The lowest BCUT2D eigenvalue weighted by atomic mass is 10.00. The summed E-state index contributed by atoms with van der Waals surface area (Å²) in [6.45, 7) is 3.61. The maximum Gasteiger partial charge on any atom is 0.232 e. The van der Waals surface area contributed by atoms with Gasteiger partial charge in [0, 0.05) is 18.9 Å². The fraction of sp³-hybridized carbons (Fsp3) is 0.800. The number of hydrogen-bond acceptors (Lipinski definition) is 4. The van der Waals surface area contributed by atoms with Crippen LogP contribution in [0.25, 0.3) is 0 Å². The van der Waals surface area contributed by atoms with Crippen molar-refractivity contribution in [1.82, 2.24) is 4.90 Å². The number of methoxy groups -OCH3 is 1. The standard InChI is InChI=1S/C10H17NO4/c1-6-7(2)10(14)11(9(6)13)4-8(12)5-15-3/h6-8,12H,4-5H2,1-3H3. The molecule has 86 valence electrons. The maximum atomic E-state index is 11.6. The first-order valence-corrected chi connectivity index (χ1v) is 5.01. The Bertz CT molecular complexity index is 246. The molecule has 2 amide bonds. The second-order valence-electron chi connectivity index (χ2n) is 3.97.